The molecule has 2 rings (SSSR count). The van der Waals surface area contributed by atoms with Crippen molar-refractivity contribution in [2.24, 2.45) is 5.92 Å². The highest BCUT2D eigenvalue weighted by atomic mass is 35.5. The number of nitrogens with one attached hydrogen (secondary N) is 1. The summed E-state index contributed by atoms with van der Waals surface area (Å²) in [4.78, 5) is 18.1. The predicted molar refractivity (Wildman–Crippen MR) is 71.6 cm³/mol. The molecule has 1 saturated heterocycles. The van der Waals surface area contributed by atoms with Crippen LogP contribution in [-0.2, 0) is 0 Å². The van der Waals surface area contributed by atoms with Gasteiger partial charge in [-0.25, -0.2) is 4.98 Å². The van der Waals surface area contributed by atoms with Gasteiger partial charge in [-0.2, -0.15) is 0 Å². The molecule has 5 nitrogen and oxygen atoms in total. The standard InChI is InChI=1S/C12H17ClN4O/c1-17-5-4-8(7-17)6-15-12(18)11-9(13)2-3-10(14)16-11/h2-3,8H,4-7H2,1H3,(H2,14,16)(H,15,18). The third kappa shape index (κ3) is 3.11. The molecule has 0 aromatic carbocycles. The minimum atomic E-state index is -0.262. The number of rotatable bonds is 3. The first-order valence-electron chi connectivity index (χ1n) is 5.95. The number of hydrogen-bond acceptors (Lipinski definition) is 4. The highest BCUT2D eigenvalue weighted by molar-refractivity contribution is 6.33. The van der Waals surface area contributed by atoms with Gasteiger partial charge in [0.15, 0.2) is 0 Å². The molecule has 0 spiro atoms. The number of hydrogen-bond donors (Lipinski definition) is 2. The number of aromatic nitrogens is 1. The van der Waals surface area contributed by atoms with Gasteiger partial charge < -0.3 is 16.0 Å². The Morgan fingerprint density at radius 2 is 2.44 bits per heavy atom. The van der Waals surface area contributed by atoms with Gasteiger partial charge in [0.2, 0.25) is 0 Å². The van der Waals surface area contributed by atoms with E-state index >= 15 is 0 Å². The van der Waals surface area contributed by atoms with E-state index in [-0.39, 0.29) is 11.6 Å². The molecule has 1 aliphatic heterocycles. The summed E-state index contributed by atoms with van der Waals surface area (Å²) in [6, 6.07) is 3.16. The lowest BCUT2D eigenvalue weighted by atomic mass is 10.1. The largest absolute Gasteiger partial charge is 0.384 e. The molecular formula is C12H17ClN4O. The molecule has 1 aromatic heterocycles. The Labute approximate surface area is 111 Å². The van der Waals surface area contributed by atoms with Crippen molar-refractivity contribution in [1.82, 2.24) is 15.2 Å². The van der Waals surface area contributed by atoms with E-state index in [0.717, 1.165) is 19.5 Å². The van der Waals surface area contributed by atoms with Crippen LogP contribution in [0.5, 0.6) is 0 Å². The fraction of sp³-hybridized carbons (Fsp3) is 0.500. The van der Waals surface area contributed by atoms with Gasteiger partial charge >= 0.3 is 0 Å². The van der Waals surface area contributed by atoms with Crippen LogP contribution in [0.1, 0.15) is 16.9 Å². The van der Waals surface area contributed by atoms with Gasteiger partial charge in [-0.1, -0.05) is 11.6 Å². The average molecular weight is 269 g/mol. The van der Waals surface area contributed by atoms with E-state index < -0.39 is 0 Å². The van der Waals surface area contributed by atoms with Crippen molar-refractivity contribution in [1.29, 1.82) is 0 Å². The van der Waals surface area contributed by atoms with Crippen LogP contribution < -0.4 is 11.1 Å². The molecule has 3 N–H and O–H groups in total. The van der Waals surface area contributed by atoms with Crippen molar-refractivity contribution in [3.8, 4) is 0 Å². The summed E-state index contributed by atoms with van der Waals surface area (Å²) < 4.78 is 0. The summed E-state index contributed by atoms with van der Waals surface area (Å²) in [6.45, 7) is 2.74. The van der Waals surface area contributed by atoms with Crippen molar-refractivity contribution >= 4 is 23.3 Å². The minimum absolute atomic E-state index is 0.197. The number of halogens is 1. The maximum Gasteiger partial charge on any atom is 0.271 e. The molecule has 1 amide bonds. The number of carbonyl (C=O) groups excluding carboxylic acids is 1. The predicted octanol–water partition coefficient (Wildman–Crippen LogP) is 0.999. The molecule has 1 aliphatic rings. The lowest BCUT2D eigenvalue weighted by Gasteiger charge is -2.12. The normalized spacial score (nSPS) is 20.0. The summed E-state index contributed by atoms with van der Waals surface area (Å²) in [7, 11) is 2.08. The van der Waals surface area contributed by atoms with Gasteiger partial charge in [0.25, 0.3) is 5.91 Å². The van der Waals surface area contributed by atoms with Crippen LogP contribution in [0.4, 0.5) is 5.82 Å². The summed E-state index contributed by atoms with van der Waals surface area (Å²) in [5, 5.41) is 3.19. The maximum absolute atomic E-state index is 11.9. The second-order valence-electron chi connectivity index (χ2n) is 4.69. The lowest BCUT2D eigenvalue weighted by molar-refractivity contribution is 0.0943. The van der Waals surface area contributed by atoms with E-state index in [1.165, 1.54) is 0 Å². The Kier molecular flexibility index (Phi) is 4.04. The molecule has 1 atom stereocenters. The van der Waals surface area contributed by atoms with Crippen LogP contribution in [0, 0.1) is 5.92 Å². The van der Waals surface area contributed by atoms with Crippen molar-refractivity contribution in [2.75, 3.05) is 32.4 Å². The smallest absolute Gasteiger partial charge is 0.271 e. The topological polar surface area (TPSA) is 71.2 Å². The molecule has 0 radical (unpaired) electrons. The molecule has 98 valence electrons. The maximum atomic E-state index is 11.9. The molecule has 6 heteroatoms. The number of nitrogen functional groups attached to an aromatic ring is 1. The molecule has 2 heterocycles. The van der Waals surface area contributed by atoms with Crippen LogP contribution >= 0.6 is 11.6 Å². The number of likely N-dealkylation sites (tertiary alicyclic amines) is 1. The van der Waals surface area contributed by atoms with E-state index in [1.807, 2.05) is 0 Å². The van der Waals surface area contributed by atoms with E-state index in [9.17, 15) is 4.79 Å². The Morgan fingerprint density at radius 3 is 3.11 bits per heavy atom. The van der Waals surface area contributed by atoms with E-state index in [4.69, 9.17) is 17.3 Å². The Morgan fingerprint density at radius 1 is 1.67 bits per heavy atom. The van der Waals surface area contributed by atoms with Gasteiger partial charge in [-0.05, 0) is 38.1 Å². The first-order chi connectivity index (χ1) is 8.56. The lowest BCUT2D eigenvalue weighted by Crippen LogP contribution is -2.31. The van der Waals surface area contributed by atoms with Gasteiger partial charge in [-0.15, -0.1) is 0 Å². The van der Waals surface area contributed by atoms with Gasteiger partial charge in [0.05, 0.1) is 5.02 Å². The van der Waals surface area contributed by atoms with Crippen molar-refractivity contribution in [3.63, 3.8) is 0 Å². The second-order valence-corrected chi connectivity index (χ2v) is 5.10. The second kappa shape index (κ2) is 5.54. The van der Waals surface area contributed by atoms with E-state index in [0.29, 0.717) is 23.3 Å². The van der Waals surface area contributed by atoms with Gasteiger partial charge in [0.1, 0.15) is 11.5 Å². The van der Waals surface area contributed by atoms with Crippen LogP contribution in [0.15, 0.2) is 12.1 Å². The monoisotopic (exact) mass is 268 g/mol. The zero-order valence-electron chi connectivity index (χ0n) is 10.3. The highest BCUT2D eigenvalue weighted by Crippen LogP contribution is 2.16. The highest BCUT2D eigenvalue weighted by Gasteiger charge is 2.21. The molecule has 18 heavy (non-hydrogen) atoms. The fourth-order valence-corrected chi connectivity index (χ4v) is 2.32. The Hall–Kier alpha value is -1.33. The number of amides is 1. The van der Waals surface area contributed by atoms with E-state index in [2.05, 4.69) is 22.2 Å². The molecule has 0 aliphatic carbocycles. The molecule has 1 fully saturated rings. The fourth-order valence-electron chi connectivity index (χ4n) is 2.13. The van der Waals surface area contributed by atoms with Crippen LogP contribution in [0.2, 0.25) is 5.02 Å². The number of pyridine rings is 1. The summed E-state index contributed by atoms with van der Waals surface area (Å²) in [5.41, 5.74) is 5.74. The Balaban J connectivity index is 1.93. The van der Waals surface area contributed by atoms with Crippen molar-refractivity contribution in [2.45, 2.75) is 6.42 Å². The third-order valence-corrected chi connectivity index (χ3v) is 3.43. The summed E-state index contributed by atoms with van der Waals surface area (Å²) in [5.74, 6) is 0.533. The average Bonchev–Trinajstić information content (AvgIpc) is 2.75. The van der Waals surface area contributed by atoms with Crippen LogP contribution in [-0.4, -0.2) is 42.5 Å². The van der Waals surface area contributed by atoms with Crippen LogP contribution in [0.3, 0.4) is 0 Å². The van der Waals surface area contributed by atoms with Gasteiger partial charge in [-0.3, -0.25) is 4.79 Å². The summed E-state index contributed by atoms with van der Waals surface area (Å²) in [6.07, 6.45) is 1.11. The first kappa shape index (κ1) is 13.1. The number of nitrogens with two attached hydrogens (primary N) is 1. The molecule has 1 aromatic rings. The minimum Gasteiger partial charge on any atom is -0.384 e. The zero-order chi connectivity index (χ0) is 13.1. The SMILES string of the molecule is CN1CCC(CNC(=O)c2nc(N)ccc2Cl)C1. The third-order valence-electron chi connectivity index (χ3n) is 3.12. The quantitative estimate of drug-likeness (QED) is 0.858. The molecular weight excluding hydrogens is 252 g/mol. The van der Waals surface area contributed by atoms with Crippen molar-refractivity contribution in [3.05, 3.63) is 22.8 Å². The molecule has 0 bridgehead atoms. The number of anilines is 1. The molecule has 0 saturated carbocycles. The van der Waals surface area contributed by atoms with Crippen LogP contribution in [0.25, 0.3) is 0 Å². The first-order valence-corrected chi connectivity index (χ1v) is 6.33. The number of carbonyl (C=O) groups is 1. The van der Waals surface area contributed by atoms with Gasteiger partial charge in [0, 0.05) is 13.1 Å². The molecule has 1 unspecified atom stereocenters. The Bertz CT molecular complexity index is 452. The van der Waals surface area contributed by atoms with Crippen molar-refractivity contribution < 1.29 is 4.79 Å². The summed E-state index contributed by atoms with van der Waals surface area (Å²) >= 11 is 5.92. The number of nitrogens with zero attached hydrogens (tertiary/aromatic N) is 2. The zero-order valence-corrected chi connectivity index (χ0v) is 11.1. The van der Waals surface area contributed by atoms with E-state index in [1.54, 1.807) is 12.1 Å².